The summed E-state index contributed by atoms with van der Waals surface area (Å²) in [5, 5.41) is 2.81. The predicted molar refractivity (Wildman–Crippen MR) is 50.0 cm³/mol. The topological polar surface area (TPSA) is 29.1 Å². The number of amides is 1. The molecule has 0 saturated heterocycles. The number of rotatable bonds is 0. The molecule has 1 aromatic rings. The molecule has 1 aliphatic rings. The van der Waals surface area contributed by atoms with E-state index in [0.717, 1.165) is 11.1 Å². The van der Waals surface area contributed by atoms with Crippen molar-refractivity contribution in [2.24, 2.45) is 0 Å². The quantitative estimate of drug-likeness (QED) is 0.530. The zero-order chi connectivity index (χ0) is 8.55. The van der Waals surface area contributed by atoms with Gasteiger partial charge in [-0.25, -0.2) is 0 Å². The van der Waals surface area contributed by atoms with Crippen molar-refractivity contribution in [3.05, 3.63) is 35.4 Å². The van der Waals surface area contributed by atoms with Crippen molar-refractivity contribution in [1.29, 1.82) is 0 Å². The molecule has 0 aliphatic carbocycles. The summed E-state index contributed by atoms with van der Waals surface area (Å²) in [6.07, 6.45) is 0.498. The Morgan fingerprint density at radius 1 is 1.42 bits per heavy atom. The second-order valence-corrected chi connectivity index (χ2v) is 3.72. The highest BCUT2D eigenvalue weighted by Crippen LogP contribution is 2.27. The summed E-state index contributed by atoms with van der Waals surface area (Å²) in [5.41, 5.74) is 2.28. The molecule has 0 radical (unpaired) electrons. The molecule has 3 heteroatoms. The molecule has 1 aromatic carbocycles. The van der Waals surface area contributed by atoms with E-state index in [4.69, 9.17) is 0 Å². The number of nitrogens with one attached hydrogen (secondary N) is 1. The van der Waals surface area contributed by atoms with Crippen LogP contribution in [0.3, 0.4) is 0 Å². The van der Waals surface area contributed by atoms with Crippen molar-refractivity contribution in [2.45, 2.75) is 11.4 Å². The van der Waals surface area contributed by atoms with E-state index in [1.54, 1.807) is 0 Å². The zero-order valence-corrected chi connectivity index (χ0v) is 7.97. The lowest BCUT2D eigenvalue weighted by Gasteiger charge is -2.21. The average molecular weight is 226 g/mol. The van der Waals surface area contributed by atoms with Gasteiger partial charge < -0.3 is 5.32 Å². The molecule has 0 aromatic heterocycles. The molecule has 2 rings (SSSR count). The van der Waals surface area contributed by atoms with Crippen LogP contribution in [-0.4, -0.2) is 5.91 Å². The summed E-state index contributed by atoms with van der Waals surface area (Å²) in [5.74, 6) is 0.0792. The molecule has 1 amide bonds. The number of fused-ring (bicyclic) bond motifs is 1. The van der Waals surface area contributed by atoms with Gasteiger partial charge in [0.05, 0.1) is 6.42 Å². The van der Waals surface area contributed by atoms with Gasteiger partial charge in [-0.1, -0.05) is 40.2 Å². The number of carbonyl (C=O) groups is 1. The van der Waals surface area contributed by atoms with Gasteiger partial charge >= 0.3 is 0 Å². The summed E-state index contributed by atoms with van der Waals surface area (Å²) >= 11 is 3.40. The minimum absolute atomic E-state index is 0.0186. The minimum atomic E-state index is -0.0186. The van der Waals surface area contributed by atoms with Gasteiger partial charge in [-0.2, -0.15) is 0 Å². The number of halogens is 1. The highest BCUT2D eigenvalue weighted by molar-refractivity contribution is 9.09. The minimum Gasteiger partial charge on any atom is -0.339 e. The third-order valence-electron chi connectivity index (χ3n) is 1.97. The van der Waals surface area contributed by atoms with Crippen molar-refractivity contribution in [1.82, 2.24) is 5.32 Å². The van der Waals surface area contributed by atoms with Gasteiger partial charge in [-0.15, -0.1) is 0 Å². The van der Waals surface area contributed by atoms with Gasteiger partial charge in [0.25, 0.3) is 0 Å². The molecular weight excluding hydrogens is 218 g/mol. The fraction of sp³-hybridized carbons (Fsp3) is 0.222. The molecule has 1 atom stereocenters. The van der Waals surface area contributed by atoms with Crippen LogP contribution in [0.25, 0.3) is 0 Å². The van der Waals surface area contributed by atoms with Crippen molar-refractivity contribution >= 4 is 21.8 Å². The number of carbonyl (C=O) groups excluding carboxylic acids is 1. The van der Waals surface area contributed by atoms with Gasteiger partial charge in [0.15, 0.2) is 0 Å². The normalized spacial score (nSPS) is 21.4. The Balaban J connectivity index is 2.47. The van der Waals surface area contributed by atoms with Crippen molar-refractivity contribution in [2.75, 3.05) is 0 Å². The molecule has 0 spiro atoms. The van der Waals surface area contributed by atoms with E-state index in [0.29, 0.717) is 6.42 Å². The zero-order valence-electron chi connectivity index (χ0n) is 6.38. The fourth-order valence-electron chi connectivity index (χ4n) is 1.39. The lowest BCUT2D eigenvalue weighted by Crippen LogP contribution is -2.32. The standard InChI is InChI=1S/C9H8BrNO/c10-9-7-4-2-1-3-6(7)5-8(12)11-9/h1-4,9H,5H2,(H,11,12). The van der Waals surface area contributed by atoms with E-state index >= 15 is 0 Å². The van der Waals surface area contributed by atoms with Crippen LogP contribution < -0.4 is 5.32 Å². The Labute approximate surface area is 79.1 Å². The highest BCUT2D eigenvalue weighted by atomic mass is 79.9. The second-order valence-electron chi connectivity index (χ2n) is 2.81. The third-order valence-corrected chi connectivity index (χ3v) is 2.69. The van der Waals surface area contributed by atoms with E-state index < -0.39 is 0 Å². The molecule has 12 heavy (non-hydrogen) atoms. The summed E-state index contributed by atoms with van der Waals surface area (Å²) in [6, 6.07) is 7.94. The summed E-state index contributed by atoms with van der Waals surface area (Å²) in [4.78, 5) is 11.1. The first-order valence-corrected chi connectivity index (χ1v) is 4.70. The molecule has 62 valence electrons. The predicted octanol–water partition coefficient (Wildman–Crippen LogP) is 1.75. The maximum atomic E-state index is 11.1. The van der Waals surface area contributed by atoms with E-state index in [1.807, 2.05) is 24.3 Å². The first kappa shape index (κ1) is 7.80. The van der Waals surface area contributed by atoms with Gasteiger partial charge in [0, 0.05) is 0 Å². The van der Waals surface area contributed by atoms with Gasteiger partial charge in [-0.05, 0) is 11.1 Å². The van der Waals surface area contributed by atoms with E-state index in [2.05, 4.69) is 21.2 Å². The van der Waals surface area contributed by atoms with Crippen LogP contribution in [-0.2, 0) is 11.2 Å². The van der Waals surface area contributed by atoms with Crippen molar-refractivity contribution in [3.8, 4) is 0 Å². The first-order valence-electron chi connectivity index (χ1n) is 3.78. The second kappa shape index (κ2) is 2.90. The third kappa shape index (κ3) is 1.25. The Kier molecular flexibility index (Phi) is 1.89. The molecule has 1 N–H and O–H groups in total. The number of benzene rings is 1. The Morgan fingerprint density at radius 3 is 3.00 bits per heavy atom. The smallest absolute Gasteiger partial charge is 0.225 e. The van der Waals surface area contributed by atoms with Crippen molar-refractivity contribution < 1.29 is 4.79 Å². The molecule has 2 nitrogen and oxygen atoms in total. The lowest BCUT2D eigenvalue weighted by molar-refractivity contribution is -0.121. The summed E-state index contributed by atoms with van der Waals surface area (Å²) in [6.45, 7) is 0. The Morgan fingerprint density at radius 2 is 2.17 bits per heavy atom. The van der Waals surface area contributed by atoms with Crippen LogP contribution in [0.5, 0.6) is 0 Å². The highest BCUT2D eigenvalue weighted by Gasteiger charge is 2.20. The van der Waals surface area contributed by atoms with E-state index in [9.17, 15) is 4.79 Å². The molecule has 1 aliphatic heterocycles. The molecule has 0 saturated carbocycles. The molecule has 1 unspecified atom stereocenters. The SMILES string of the molecule is O=C1Cc2ccccc2C(Br)N1. The first-order chi connectivity index (χ1) is 5.77. The summed E-state index contributed by atoms with van der Waals surface area (Å²) in [7, 11) is 0. The average Bonchev–Trinajstić information content (AvgIpc) is 2.04. The fourth-order valence-corrected chi connectivity index (χ4v) is 2.09. The van der Waals surface area contributed by atoms with Crippen molar-refractivity contribution in [3.63, 3.8) is 0 Å². The molecule has 0 bridgehead atoms. The largest absolute Gasteiger partial charge is 0.339 e. The Hall–Kier alpha value is -0.830. The number of hydrogen-bond donors (Lipinski definition) is 1. The van der Waals surface area contributed by atoms with Gasteiger partial charge in [0.1, 0.15) is 4.95 Å². The lowest BCUT2D eigenvalue weighted by atomic mass is 10.0. The van der Waals surface area contributed by atoms with Gasteiger partial charge in [-0.3, -0.25) is 4.79 Å². The van der Waals surface area contributed by atoms with Crippen LogP contribution >= 0.6 is 15.9 Å². The van der Waals surface area contributed by atoms with Crippen LogP contribution in [0, 0.1) is 0 Å². The summed E-state index contributed by atoms with van der Waals surface area (Å²) < 4.78 is 0. The molecule has 0 fully saturated rings. The van der Waals surface area contributed by atoms with Crippen LogP contribution in [0.2, 0.25) is 0 Å². The van der Waals surface area contributed by atoms with E-state index in [1.165, 1.54) is 0 Å². The maximum Gasteiger partial charge on any atom is 0.225 e. The van der Waals surface area contributed by atoms with Crippen LogP contribution in [0.4, 0.5) is 0 Å². The molecular formula is C9H8BrNO. The van der Waals surface area contributed by atoms with Crippen LogP contribution in [0.15, 0.2) is 24.3 Å². The number of alkyl halides is 1. The molecule has 1 heterocycles. The maximum absolute atomic E-state index is 11.1. The Bertz CT molecular complexity index is 324. The number of hydrogen-bond acceptors (Lipinski definition) is 1. The van der Waals surface area contributed by atoms with Gasteiger partial charge in [0.2, 0.25) is 5.91 Å². The van der Waals surface area contributed by atoms with Crippen LogP contribution in [0.1, 0.15) is 16.1 Å². The van der Waals surface area contributed by atoms with E-state index in [-0.39, 0.29) is 10.9 Å². The monoisotopic (exact) mass is 225 g/mol.